The van der Waals surface area contributed by atoms with Crippen LogP contribution in [0.5, 0.6) is 0 Å². The van der Waals surface area contributed by atoms with E-state index in [0.29, 0.717) is 0 Å². The first-order valence-electron chi connectivity index (χ1n) is 8.50. The molecule has 3 heterocycles. The first kappa shape index (κ1) is 16.2. The summed E-state index contributed by atoms with van der Waals surface area (Å²) in [5.74, 6) is 0. The predicted octanol–water partition coefficient (Wildman–Crippen LogP) is 4.25. The molecule has 1 aromatic carbocycles. The zero-order valence-corrected chi connectivity index (χ0v) is 15.5. The number of aliphatic hydroxyl groups is 1. The summed E-state index contributed by atoms with van der Waals surface area (Å²) in [6.45, 7) is 5.38. The lowest BCUT2D eigenvalue weighted by atomic mass is 9.90. The number of hydrogen-bond donors (Lipinski definition) is 1. The molecule has 0 saturated carbocycles. The van der Waals surface area contributed by atoms with Crippen molar-refractivity contribution in [2.24, 2.45) is 0 Å². The summed E-state index contributed by atoms with van der Waals surface area (Å²) in [7, 11) is 0. The maximum atomic E-state index is 11.3. The molecule has 5 heteroatoms. The molecule has 2 aromatic heterocycles. The molecule has 1 N–H and O–H groups in total. The number of rotatable bonds is 5. The molecular formula is C19H22N2OS2. The second-order valence-corrected chi connectivity index (χ2v) is 8.50. The summed E-state index contributed by atoms with van der Waals surface area (Å²) in [6.07, 6.45) is 3.63. The van der Waals surface area contributed by atoms with Crippen LogP contribution < -0.4 is 0 Å². The van der Waals surface area contributed by atoms with Crippen LogP contribution in [0.3, 0.4) is 0 Å². The number of nitrogens with zero attached hydrogens (tertiary/aromatic N) is 2. The fourth-order valence-corrected chi connectivity index (χ4v) is 5.60. The highest BCUT2D eigenvalue weighted by Gasteiger charge is 2.33. The molecule has 1 unspecified atom stereocenters. The topological polar surface area (TPSA) is 36.4 Å². The average Bonchev–Trinajstić information content (AvgIpc) is 3.31. The van der Waals surface area contributed by atoms with Gasteiger partial charge in [-0.1, -0.05) is 18.2 Å². The fraction of sp³-hybridized carbons (Fsp3) is 0.421. The van der Waals surface area contributed by atoms with Crippen molar-refractivity contribution in [1.82, 2.24) is 9.88 Å². The molecule has 3 aromatic rings. The summed E-state index contributed by atoms with van der Waals surface area (Å²) in [6, 6.07) is 8.41. The van der Waals surface area contributed by atoms with Crippen molar-refractivity contribution in [3.05, 3.63) is 51.3 Å². The van der Waals surface area contributed by atoms with E-state index in [9.17, 15) is 5.11 Å². The monoisotopic (exact) mass is 358 g/mol. The molecule has 0 aliphatic carbocycles. The Bertz CT molecular complexity index is 817. The van der Waals surface area contributed by atoms with Gasteiger partial charge in [0, 0.05) is 27.1 Å². The second-order valence-electron chi connectivity index (χ2n) is 6.64. The molecule has 1 aliphatic rings. The van der Waals surface area contributed by atoms with E-state index in [4.69, 9.17) is 0 Å². The first-order valence-corrected chi connectivity index (χ1v) is 10.3. The van der Waals surface area contributed by atoms with E-state index in [0.717, 1.165) is 29.6 Å². The van der Waals surface area contributed by atoms with Crippen LogP contribution in [0.2, 0.25) is 0 Å². The number of aromatic nitrogens is 1. The molecule has 24 heavy (non-hydrogen) atoms. The van der Waals surface area contributed by atoms with Gasteiger partial charge in [-0.15, -0.1) is 22.7 Å². The van der Waals surface area contributed by atoms with Crippen LogP contribution in [-0.2, 0) is 12.0 Å². The molecule has 1 aliphatic heterocycles. The summed E-state index contributed by atoms with van der Waals surface area (Å²) in [5.41, 5.74) is 2.55. The van der Waals surface area contributed by atoms with E-state index >= 15 is 0 Å². The molecule has 0 bridgehead atoms. The minimum Gasteiger partial charge on any atom is -0.379 e. The normalized spacial score (nSPS) is 18.2. The third-order valence-electron chi connectivity index (χ3n) is 4.94. The minimum absolute atomic E-state index is 0.749. The van der Waals surface area contributed by atoms with Crippen LogP contribution in [0.4, 0.5) is 0 Å². The second kappa shape index (κ2) is 6.56. The molecular weight excluding hydrogens is 336 g/mol. The zero-order chi connectivity index (χ0) is 16.6. The van der Waals surface area contributed by atoms with Crippen LogP contribution >= 0.6 is 22.7 Å². The Morgan fingerprint density at radius 1 is 1.25 bits per heavy atom. The van der Waals surface area contributed by atoms with Gasteiger partial charge in [0.25, 0.3) is 0 Å². The van der Waals surface area contributed by atoms with Gasteiger partial charge >= 0.3 is 0 Å². The SMILES string of the molecule is CC(O)(c1cscn1)c1c(CCN2CCCC2)sc2ccccc12. The lowest BCUT2D eigenvalue weighted by Gasteiger charge is -2.24. The van der Waals surface area contributed by atoms with E-state index in [1.54, 1.807) is 5.51 Å². The predicted molar refractivity (Wildman–Crippen MR) is 102 cm³/mol. The summed E-state index contributed by atoms with van der Waals surface area (Å²) in [4.78, 5) is 8.22. The van der Waals surface area contributed by atoms with Crippen LogP contribution in [0.15, 0.2) is 35.2 Å². The highest BCUT2D eigenvalue weighted by atomic mass is 32.1. The Morgan fingerprint density at radius 3 is 2.79 bits per heavy atom. The molecule has 1 atom stereocenters. The van der Waals surface area contributed by atoms with E-state index in [1.165, 1.54) is 46.8 Å². The zero-order valence-electron chi connectivity index (χ0n) is 13.9. The maximum absolute atomic E-state index is 11.3. The fourth-order valence-electron chi connectivity index (χ4n) is 3.65. The highest BCUT2D eigenvalue weighted by molar-refractivity contribution is 7.19. The number of likely N-dealkylation sites (tertiary alicyclic amines) is 1. The largest absolute Gasteiger partial charge is 0.379 e. The van der Waals surface area contributed by atoms with Crippen molar-refractivity contribution in [2.75, 3.05) is 19.6 Å². The average molecular weight is 359 g/mol. The van der Waals surface area contributed by atoms with Gasteiger partial charge < -0.3 is 10.0 Å². The van der Waals surface area contributed by atoms with Gasteiger partial charge in [0.2, 0.25) is 0 Å². The Kier molecular flexibility index (Phi) is 4.43. The van der Waals surface area contributed by atoms with Crippen molar-refractivity contribution in [3.8, 4) is 0 Å². The lowest BCUT2D eigenvalue weighted by Crippen LogP contribution is -2.26. The molecule has 4 rings (SSSR count). The third-order valence-corrected chi connectivity index (χ3v) is 6.76. The standard InChI is InChI=1S/C19H22N2OS2/c1-19(22,17-12-23-13-20-17)18-14-6-2-3-7-15(14)24-16(18)8-11-21-9-4-5-10-21/h2-3,6-7,12-13,22H,4-5,8-11H2,1H3. The summed E-state index contributed by atoms with van der Waals surface area (Å²) < 4.78 is 1.25. The molecule has 0 spiro atoms. The van der Waals surface area contributed by atoms with Gasteiger partial charge in [-0.2, -0.15) is 0 Å². The van der Waals surface area contributed by atoms with Crippen LogP contribution in [-0.4, -0.2) is 34.6 Å². The van der Waals surface area contributed by atoms with Crippen molar-refractivity contribution in [3.63, 3.8) is 0 Å². The molecule has 1 saturated heterocycles. The Balaban J connectivity index is 1.75. The molecule has 0 amide bonds. The van der Waals surface area contributed by atoms with E-state index in [2.05, 4.69) is 34.1 Å². The third kappa shape index (κ3) is 2.90. The van der Waals surface area contributed by atoms with Gasteiger partial charge in [-0.25, -0.2) is 4.98 Å². The maximum Gasteiger partial charge on any atom is 0.131 e. The van der Waals surface area contributed by atoms with Crippen LogP contribution in [0, 0.1) is 0 Å². The number of fused-ring (bicyclic) bond motifs is 1. The molecule has 3 nitrogen and oxygen atoms in total. The van der Waals surface area contributed by atoms with Gasteiger partial charge in [0.05, 0.1) is 11.2 Å². The van der Waals surface area contributed by atoms with Gasteiger partial charge in [0.15, 0.2) is 0 Å². The Labute approximate surface area is 150 Å². The molecule has 0 radical (unpaired) electrons. The number of hydrogen-bond acceptors (Lipinski definition) is 5. The van der Waals surface area contributed by atoms with Crippen molar-refractivity contribution in [1.29, 1.82) is 0 Å². The van der Waals surface area contributed by atoms with Crippen LogP contribution in [0.25, 0.3) is 10.1 Å². The van der Waals surface area contributed by atoms with Crippen LogP contribution in [0.1, 0.15) is 35.9 Å². The minimum atomic E-state index is -1.04. The Hall–Kier alpha value is -1.27. The van der Waals surface area contributed by atoms with E-state index in [1.807, 2.05) is 23.6 Å². The highest BCUT2D eigenvalue weighted by Crippen LogP contribution is 2.41. The summed E-state index contributed by atoms with van der Waals surface area (Å²) >= 11 is 3.35. The first-order chi connectivity index (χ1) is 11.7. The smallest absolute Gasteiger partial charge is 0.131 e. The lowest BCUT2D eigenvalue weighted by molar-refractivity contribution is 0.0990. The van der Waals surface area contributed by atoms with Gasteiger partial charge in [0.1, 0.15) is 5.60 Å². The number of thiophene rings is 1. The summed E-state index contributed by atoms with van der Waals surface area (Å²) in [5, 5.41) is 14.5. The number of benzene rings is 1. The molecule has 1 fully saturated rings. The van der Waals surface area contributed by atoms with Gasteiger partial charge in [-0.3, -0.25) is 0 Å². The Morgan fingerprint density at radius 2 is 2.04 bits per heavy atom. The van der Waals surface area contributed by atoms with Gasteiger partial charge in [-0.05, 0) is 50.7 Å². The van der Waals surface area contributed by atoms with E-state index in [-0.39, 0.29) is 0 Å². The van der Waals surface area contributed by atoms with Crippen molar-refractivity contribution in [2.45, 2.75) is 31.8 Å². The van der Waals surface area contributed by atoms with Crippen molar-refractivity contribution >= 4 is 32.8 Å². The van der Waals surface area contributed by atoms with Crippen molar-refractivity contribution < 1.29 is 5.11 Å². The van der Waals surface area contributed by atoms with E-state index < -0.39 is 5.60 Å². The molecule has 126 valence electrons. The quantitative estimate of drug-likeness (QED) is 0.741. The number of thiazole rings is 1.